The Hall–Kier alpha value is -2.44. The van der Waals surface area contributed by atoms with Crippen LogP contribution in [0.4, 0.5) is 10.1 Å². The number of nitrogens with one attached hydrogen (secondary N) is 1. The monoisotopic (exact) mass is 362 g/mol. The van der Waals surface area contributed by atoms with Gasteiger partial charge in [-0.1, -0.05) is 11.6 Å². The number of halogens is 2. The number of benzene rings is 2. The fourth-order valence-electron chi connectivity index (χ4n) is 2.53. The third kappa shape index (κ3) is 4.35. The van der Waals surface area contributed by atoms with E-state index in [1.54, 1.807) is 29.2 Å². The highest BCUT2D eigenvalue weighted by Gasteiger charge is 2.27. The SMILES string of the molecule is O=C(NCC1CN(c2ccc(Cl)cc2)C(=O)CO1)c1ccc(F)cc1. The second kappa shape index (κ2) is 7.63. The Balaban J connectivity index is 1.59. The maximum atomic E-state index is 12.9. The molecule has 25 heavy (non-hydrogen) atoms. The fourth-order valence-corrected chi connectivity index (χ4v) is 2.65. The van der Waals surface area contributed by atoms with Crippen molar-refractivity contribution in [3.05, 3.63) is 64.9 Å². The summed E-state index contributed by atoms with van der Waals surface area (Å²) < 4.78 is 18.4. The molecule has 1 aliphatic rings. The van der Waals surface area contributed by atoms with Gasteiger partial charge in [0.2, 0.25) is 0 Å². The van der Waals surface area contributed by atoms with E-state index in [2.05, 4.69) is 5.32 Å². The Morgan fingerprint density at radius 3 is 2.56 bits per heavy atom. The van der Waals surface area contributed by atoms with Crippen molar-refractivity contribution < 1.29 is 18.7 Å². The van der Waals surface area contributed by atoms with Crippen LogP contribution in [-0.2, 0) is 9.53 Å². The van der Waals surface area contributed by atoms with Crippen molar-refractivity contribution in [1.29, 1.82) is 0 Å². The Kier molecular flexibility index (Phi) is 5.31. The number of anilines is 1. The molecule has 2 amide bonds. The molecule has 0 radical (unpaired) electrons. The maximum absolute atomic E-state index is 12.9. The number of morpholine rings is 1. The number of carbonyl (C=O) groups excluding carboxylic acids is 2. The predicted octanol–water partition coefficient (Wildman–Crippen LogP) is 2.64. The molecule has 0 bridgehead atoms. The van der Waals surface area contributed by atoms with Crippen LogP contribution in [-0.4, -0.2) is 37.6 Å². The van der Waals surface area contributed by atoms with Crippen LogP contribution in [0.2, 0.25) is 5.02 Å². The molecule has 2 aromatic rings. The molecule has 0 aromatic heterocycles. The molecule has 1 aliphatic heterocycles. The number of amides is 2. The van der Waals surface area contributed by atoms with Gasteiger partial charge in [0, 0.05) is 22.8 Å². The molecule has 1 saturated heterocycles. The molecule has 0 spiro atoms. The second-order valence-electron chi connectivity index (χ2n) is 5.63. The van der Waals surface area contributed by atoms with Gasteiger partial charge in [0.25, 0.3) is 11.8 Å². The highest BCUT2D eigenvalue weighted by atomic mass is 35.5. The molecule has 130 valence electrons. The minimum Gasteiger partial charge on any atom is -0.365 e. The van der Waals surface area contributed by atoms with Crippen molar-refractivity contribution in [2.45, 2.75) is 6.10 Å². The van der Waals surface area contributed by atoms with Crippen molar-refractivity contribution in [3.63, 3.8) is 0 Å². The van der Waals surface area contributed by atoms with Gasteiger partial charge in [-0.2, -0.15) is 0 Å². The average Bonchev–Trinajstić information content (AvgIpc) is 2.62. The standard InChI is InChI=1S/C18H16ClFN2O3/c19-13-3-7-15(8-4-13)22-10-16(25-11-17(22)23)9-21-18(24)12-1-5-14(20)6-2-12/h1-8,16H,9-11H2,(H,21,24). The molecule has 3 rings (SSSR count). The van der Waals surface area contributed by atoms with Gasteiger partial charge in [-0.05, 0) is 48.5 Å². The summed E-state index contributed by atoms with van der Waals surface area (Å²) in [6, 6.07) is 12.2. The van der Waals surface area contributed by atoms with Crippen LogP contribution in [0, 0.1) is 5.82 Å². The van der Waals surface area contributed by atoms with Gasteiger partial charge < -0.3 is 15.0 Å². The van der Waals surface area contributed by atoms with Gasteiger partial charge in [0.05, 0.1) is 12.6 Å². The van der Waals surface area contributed by atoms with E-state index in [9.17, 15) is 14.0 Å². The van der Waals surface area contributed by atoms with Gasteiger partial charge >= 0.3 is 0 Å². The summed E-state index contributed by atoms with van der Waals surface area (Å²) in [5, 5.41) is 3.33. The van der Waals surface area contributed by atoms with E-state index in [1.165, 1.54) is 24.3 Å². The number of hydrogen-bond acceptors (Lipinski definition) is 3. The third-order valence-corrected chi connectivity index (χ3v) is 4.12. The molecule has 1 unspecified atom stereocenters. The van der Waals surface area contributed by atoms with Crippen molar-refractivity contribution >= 4 is 29.1 Å². The summed E-state index contributed by atoms with van der Waals surface area (Å²) in [7, 11) is 0. The van der Waals surface area contributed by atoms with Crippen LogP contribution >= 0.6 is 11.6 Å². The van der Waals surface area contributed by atoms with Gasteiger partial charge in [-0.3, -0.25) is 9.59 Å². The van der Waals surface area contributed by atoms with Gasteiger partial charge in [-0.25, -0.2) is 4.39 Å². The average molecular weight is 363 g/mol. The highest BCUT2D eigenvalue weighted by molar-refractivity contribution is 6.30. The largest absolute Gasteiger partial charge is 0.365 e. The quantitative estimate of drug-likeness (QED) is 0.909. The lowest BCUT2D eigenvalue weighted by molar-refractivity contribution is -0.129. The lowest BCUT2D eigenvalue weighted by atomic mass is 10.2. The van der Waals surface area contributed by atoms with E-state index in [0.717, 1.165) is 5.69 Å². The molecular weight excluding hydrogens is 347 g/mol. The lowest BCUT2D eigenvalue weighted by Crippen LogP contribution is -2.50. The van der Waals surface area contributed by atoms with Gasteiger partial charge in [0.1, 0.15) is 12.4 Å². The van der Waals surface area contributed by atoms with Crippen LogP contribution in [0.25, 0.3) is 0 Å². The van der Waals surface area contributed by atoms with E-state index >= 15 is 0 Å². The maximum Gasteiger partial charge on any atom is 0.253 e. The van der Waals surface area contributed by atoms with E-state index in [1.807, 2.05) is 0 Å². The van der Waals surface area contributed by atoms with Crippen LogP contribution in [0.15, 0.2) is 48.5 Å². The zero-order chi connectivity index (χ0) is 17.8. The van der Waals surface area contributed by atoms with Crippen LogP contribution in [0.1, 0.15) is 10.4 Å². The van der Waals surface area contributed by atoms with Gasteiger partial charge in [0.15, 0.2) is 0 Å². The number of ether oxygens (including phenoxy) is 1. The molecule has 2 aromatic carbocycles. The highest BCUT2D eigenvalue weighted by Crippen LogP contribution is 2.21. The molecule has 1 heterocycles. The molecule has 1 atom stereocenters. The van der Waals surface area contributed by atoms with Gasteiger partial charge in [-0.15, -0.1) is 0 Å². The smallest absolute Gasteiger partial charge is 0.253 e. The van der Waals surface area contributed by atoms with E-state index in [0.29, 0.717) is 17.1 Å². The summed E-state index contributed by atoms with van der Waals surface area (Å²) in [4.78, 5) is 25.7. The topological polar surface area (TPSA) is 58.6 Å². The van der Waals surface area contributed by atoms with Crippen LogP contribution < -0.4 is 10.2 Å². The number of hydrogen-bond donors (Lipinski definition) is 1. The molecule has 5 nitrogen and oxygen atoms in total. The summed E-state index contributed by atoms with van der Waals surface area (Å²) in [6.07, 6.45) is -0.335. The van der Waals surface area contributed by atoms with E-state index < -0.39 is 5.82 Å². The lowest BCUT2D eigenvalue weighted by Gasteiger charge is -2.32. The summed E-state index contributed by atoms with van der Waals surface area (Å²) in [5.74, 6) is -0.869. The normalized spacial score (nSPS) is 17.4. The number of nitrogens with zero attached hydrogens (tertiary/aromatic N) is 1. The zero-order valence-electron chi connectivity index (χ0n) is 13.2. The third-order valence-electron chi connectivity index (χ3n) is 3.86. The first-order valence-electron chi connectivity index (χ1n) is 7.74. The predicted molar refractivity (Wildman–Crippen MR) is 92.3 cm³/mol. The Morgan fingerprint density at radius 1 is 1.20 bits per heavy atom. The Morgan fingerprint density at radius 2 is 1.88 bits per heavy atom. The second-order valence-corrected chi connectivity index (χ2v) is 6.07. The first-order chi connectivity index (χ1) is 12.0. The van der Waals surface area contributed by atoms with Crippen molar-refractivity contribution in [1.82, 2.24) is 5.32 Å². The Labute approximate surface area is 149 Å². The first kappa shape index (κ1) is 17.4. The van der Waals surface area contributed by atoms with E-state index in [4.69, 9.17) is 16.3 Å². The first-order valence-corrected chi connectivity index (χ1v) is 8.12. The van der Waals surface area contributed by atoms with Crippen LogP contribution in [0.3, 0.4) is 0 Å². The van der Waals surface area contributed by atoms with E-state index in [-0.39, 0.29) is 31.1 Å². The molecular formula is C18H16ClFN2O3. The minimum absolute atomic E-state index is 0.0558. The van der Waals surface area contributed by atoms with Crippen molar-refractivity contribution in [3.8, 4) is 0 Å². The molecule has 0 aliphatic carbocycles. The summed E-state index contributed by atoms with van der Waals surface area (Å²) in [6.45, 7) is 0.511. The zero-order valence-corrected chi connectivity index (χ0v) is 14.0. The fraction of sp³-hybridized carbons (Fsp3) is 0.222. The molecule has 1 fully saturated rings. The number of carbonyl (C=O) groups is 2. The molecule has 1 N–H and O–H groups in total. The summed E-state index contributed by atoms with van der Waals surface area (Å²) in [5.41, 5.74) is 1.09. The van der Waals surface area contributed by atoms with Crippen molar-refractivity contribution in [2.75, 3.05) is 24.6 Å². The number of rotatable bonds is 4. The molecule has 7 heteroatoms. The minimum atomic E-state index is -0.399. The molecule has 0 saturated carbocycles. The Bertz CT molecular complexity index is 765. The summed E-state index contributed by atoms with van der Waals surface area (Å²) >= 11 is 5.87. The van der Waals surface area contributed by atoms with Crippen LogP contribution in [0.5, 0.6) is 0 Å². The van der Waals surface area contributed by atoms with Crippen molar-refractivity contribution in [2.24, 2.45) is 0 Å².